The molecule has 1 aromatic heterocycles. The standard InChI is InChI=1S/C16H28N2O2/c1-14(12-15-6-2-3-8-18-15)17-9-5-10-19-13-16-7-4-11-20-16/h4,7,11,14-15,17-18H,2-3,5-6,8-10,12-13H2,1H3. The molecular weight excluding hydrogens is 252 g/mol. The lowest BCUT2D eigenvalue weighted by atomic mass is 9.99. The third-order valence-corrected chi connectivity index (χ3v) is 3.83. The fourth-order valence-corrected chi connectivity index (χ4v) is 2.73. The molecule has 1 aromatic rings. The molecule has 0 aromatic carbocycles. The average Bonchev–Trinajstić information content (AvgIpc) is 2.97. The van der Waals surface area contributed by atoms with Crippen molar-refractivity contribution in [2.24, 2.45) is 0 Å². The van der Waals surface area contributed by atoms with Gasteiger partial charge in [0.25, 0.3) is 0 Å². The van der Waals surface area contributed by atoms with Gasteiger partial charge >= 0.3 is 0 Å². The number of rotatable bonds is 9. The van der Waals surface area contributed by atoms with E-state index in [1.807, 2.05) is 12.1 Å². The largest absolute Gasteiger partial charge is 0.467 e. The van der Waals surface area contributed by atoms with E-state index in [4.69, 9.17) is 9.15 Å². The third-order valence-electron chi connectivity index (χ3n) is 3.83. The number of ether oxygens (including phenoxy) is 1. The van der Waals surface area contributed by atoms with Crippen LogP contribution >= 0.6 is 0 Å². The average molecular weight is 280 g/mol. The highest BCUT2D eigenvalue weighted by Crippen LogP contribution is 2.11. The van der Waals surface area contributed by atoms with Gasteiger partial charge < -0.3 is 19.8 Å². The van der Waals surface area contributed by atoms with Crippen LogP contribution in [-0.4, -0.2) is 31.8 Å². The van der Waals surface area contributed by atoms with Gasteiger partial charge in [-0.05, 0) is 57.8 Å². The molecule has 0 saturated carbocycles. The Kier molecular flexibility index (Phi) is 7.12. The summed E-state index contributed by atoms with van der Waals surface area (Å²) in [6, 6.07) is 5.12. The minimum Gasteiger partial charge on any atom is -0.467 e. The maximum atomic E-state index is 5.56. The summed E-state index contributed by atoms with van der Waals surface area (Å²) < 4.78 is 10.8. The highest BCUT2D eigenvalue weighted by Gasteiger charge is 2.15. The Bertz CT molecular complexity index is 334. The smallest absolute Gasteiger partial charge is 0.129 e. The molecule has 2 rings (SSSR count). The van der Waals surface area contributed by atoms with Gasteiger partial charge in [0, 0.05) is 18.7 Å². The molecule has 0 bridgehead atoms. The van der Waals surface area contributed by atoms with Gasteiger partial charge in [-0.3, -0.25) is 0 Å². The molecule has 1 saturated heterocycles. The maximum absolute atomic E-state index is 5.56. The minimum absolute atomic E-state index is 0.578. The molecule has 2 atom stereocenters. The molecule has 2 unspecified atom stereocenters. The van der Waals surface area contributed by atoms with E-state index < -0.39 is 0 Å². The first-order valence-corrected chi connectivity index (χ1v) is 7.91. The number of furan rings is 1. The predicted molar refractivity (Wildman–Crippen MR) is 80.7 cm³/mol. The quantitative estimate of drug-likeness (QED) is 0.683. The van der Waals surface area contributed by atoms with Crippen molar-refractivity contribution < 1.29 is 9.15 Å². The zero-order chi connectivity index (χ0) is 14.0. The monoisotopic (exact) mass is 280 g/mol. The van der Waals surface area contributed by atoms with Crippen LogP contribution in [0.4, 0.5) is 0 Å². The van der Waals surface area contributed by atoms with Gasteiger partial charge in [-0.1, -0.05) is 6.42 Å². The number of piperidine rings is 1. The van der Waals surface area contributed by atoms with E-state index in [0.717, 1.165) is 25.3 Å². The summed E-state index contributed by atoms with van der Waals surface area (Å²) in [5, 5.41) is 7.18. The van der Waals surface area contributed by atoms with Crippen molar-refractivity contribution in [3.05, 3.63) is 24.2 Å². The Hall–Kier alpha value is -0.840. The molecule has 1 aliphatic rings. The van der Waals surface area contributed by atoms with Crippen LogP contribution in [0.5, 0.6) is 0 Å². The van der Waals surface area contributed by atoms with Gasteiger partial charge in [0.05, 0.1) is 6.26 Å². The van der Waals surface area contributed by atoms with Crippen molar-refractivity contribution in [3.63, 3.8) is 0 Å². The van der Waals surface area contributed by atoms with Gasteiger partial charge in [-0.2, -0.15) is 0 Å². The van der Waals surface area contributed by atoms with E-state index in [1.54, 1.807) is 6.26 Å². The van der Waals surface area contributed by atoms with Gasteiger partial charge in [0.1, 0.15) is 12.4 Å². The van der Waals surface area contributed by atoms with Crippen LogP contribution in [0.25, 0.3) is 0 Å². The zero-order valence-electron chi connectivity index (χ0n) is 12.6. The Balaban J connectivity index is 1.43. The molecule has 0 amide bonds. The van der Waals surface area contributed by atoms with Crippen molar-refractivity contribution in [1.29, 1.82) is 0 Å². The van der Waals surface area contributed by atoms with Crippen LogP contribution in [0, 0.1) is 0 Å². The molecule has 20 heavy (non-hydrogen) atoms. The number of hydrogen-bond donors (Lipinski definition) is 2. The van der Waals surface area contributed by atoms with Crippen LogP contribution in [0.1, 0.15) is 44.8 Å². The van der Waals surface area contributed by atoms with E-state index >= 15 is 0 Å². The second kappa shape index (κ2) is 9.16. The predicted octanol–water partition coefficient (Wildman–Crippen LogP) is 2.70. The van der Waals surface area contributed by atoms with Gasteiger partial charge in [0.15, 0.2) is 0 Å². The van der Waals surface area contributed by atoms with E-state index in [9.17, 15) is 0 Å². The second-order valence-corrected chi connectivity index (χ2v) is 5.72. The van der Waals surface area contributed by atoms with E-state index in [2.05, 4.69) is 17.6 Å². The van der Waals surface area contributed by atoms with Crippen LogP contribution in [0.3, 0.4) is 0 Å². The zero-order valence-corrected chi connectivity index (χ0v) is 12.6. The molecular formula is C16H28N2O2. The lowest BCUT2D eigenvalue weighted by molar-refractivity contribution is 0.103. The molecule has 0 aliphatic carbocycles. The summed E-state index contributed by atoms with van der Waals surface area (Å²) in [5.74, 6) is 0.898. The maximum Gasteiger partial charge on any atom is 0.129 e. The molecule has 0 radical (unpaired) electrons. The minimum atomic E-state index is 0.578. The van der Waals surface area contributed by atoms with Gasteiger partial charge in [-0.15, -0.1) is 0 Å². The summed E-state index contributed by atoms with van der Waals surface area (Å²) in [4.78, 5) is 0. The summed E-state index contributed by atoms with van der Waals surface area (Å²) in [6.45, 7) is 5.85. The summed E-state index contributed by atoms with van der Waals surface area (Å²) in [6.07, 6.45) is 8.01. The van der Waals surface area contributed by atoms with Crippen molar-refractivity contribution in [2.45, 2.75) is 57.7 Å². The van der Waals surface area contributed by atoms with Crippen molar-refractivity contribution in [2.75, 3.05) is 19.7 Å². The molecule has 0 spiro atoms. The van der Waals surface area contributed by atoms with Crippen molar-refractivity contribution >= 4 is 0 Å². The fraction of sp³-hybridized carbons (Fsp3) is 0.750. The highest BCUT2D eigenvalue weighted by molar-refractivity contribution is 4.95. The lowest BCUT2D eigenvalue weighted by Crippen LogP contribution is -2.40. The lowest BCUT2D eigenvalue weighted by Gasteiger charge is -2.26. The SMILES string of the molecule is CC(CC1CCCCN1)NCCCOCc1ccco1. The third kappa shape index (κ3) is 6.07. The van der Waals surface area contributed by atoms with E-state index in [-0.39, 0.29) is 0 Å². The molecule has 1 aliphatic heterocycles. The highest BCUT2D eigenvalue weighted by atomic mass is 16.5. The Morgan fingerprint density at radius 3 is 3.20 bits per heavy atom. The Morgan fingerprint density at radius 2 is 2.45 bits per heavy atom. The first-order valence-electron chi connectivity index (χ1n) is 7.91. The molecule has 4 heteroatoms. The van der Waals surface area contributed by atoms with E-state index in [0.29, 0.717) is 18.7 Å². The van der Waals surface area contributed by atoms with Crippen LogP contribution < -0.4 is 10.6 Å². The van der Waals surface area contributed by atoms with Crippen molar-refractivity contribution in [3.8, 4) is 0 Å². The normalized spacial score (nSPS) is 20.9. The second-order valence-electron chi connectivity index (χ2n) is 5.72. The Labute approximate surface area is 122 Å². The summed E-state index contributed by atoms with van der Waals surface area (Å²) in [5.41, 5.74) is 0. The molecule has 4 nitrogen and oxygen atoms in total. The Morgan fingerprint density at radius 1 is 1.50 bits per heavy atom. The van der Waals surface area contributed by atoms with Crippen LogP contribution in [-0.2, 0) is 11.3 Å². The fourth-order valence-electron chi connectivity index (χ4n) is 2.73. The number of hydrogen-bond acceptors (Lipinski definition) is 4. The first kappa shape index (κ1) is 15.5. The summed E-state index contributed by atoms with van der Waals surface area (Å²) >= 11 is 0. The van der Waals surface area contributed by atoms with Crippen LogP contribution in [0.15, 0.2) is 22.8 Å². The molecule has 114 valence electrons. The molecule has 1 fully saturated rings. The van der Waals surface area contributed by atoms with Gasteiger partial charge in [-0.25, -0.2) is 0 Å². The molecule has 2 N–H and O–H groups in total. The topological polar surface area (TPSA) is 46.4 Å². The van der Waals surface area contributed by atoms with Crippen molar-refractivity contribution in [1.82, 2.24) is 10.6 Å². The molecule has 2 heterocycles. The van der Waals surface area contributed by atoms with Gasteiger partial charge in [0.2, 0.25) is 0 Å². The first-order chi connectivity index (χ1) is 9.84. The number of nitrogens with one attached hydrogen (secondary N) is 2. The summed E-state index contributed by atoms with van der Waals surface area (Å²) in [7, 11) is 0. The van der Waals surface area contributed by atoms with E-state index in [1.165, 1.54) is 32.2 Å². The van der Waals surface area contributed by atoms with Crippen LogP contribution in [0.2, 0.25) is 0 Å².